The van der Waals surface area contributed by atoms with Crippen LogP contribution in [0.25, 0.3) is 0 Å². The molecule has 0 fully saturated rings. The molecule has 0 aromatic rings. The van der Waals surface area contributed by atoms with Crippen molar-refractivity contribution in [3.63, 3.8) is 0 Å². The number of carbonyl (C=O) groups excluding carboxylic acids is 1. The van der Waals surface area contributed by atoms with E-state index in [2.05, 4.69) is 11.7 Å². The summed E-state index contributed by atoms with van der Waals surface area (Å²) >= 11 is 0. The van der Waals surface area contributed by atoms with E-state index in [0.29, 0.717) is 0 Å². The predicted octanol–water partition coefficient (Wildman–Crippen LogP) is 0.121. The molecule has 0 radical (unpaired) electrons. The lowest BCUT2D eigenvalue weighted by Gasteiger charge is -1.91. The number of hydrogen-bond donors (Lipinski definition) is 1. The predicted molar refractivity (Wildman–Crippen MR) is 36.3 cm³/mol. The molecule has 0 rings (SSSR count). The third-order valence-electron chi connectivity index (χ3n) is 0.906. The largest absolute Gasteiger partial charge is 0.481 e. The Bertz CT molecular complexity index is 153. The lowest BCUT2D eigenvalue weighted by molar-refractivity contribution is -0.138. The van der Waals surface area contributed by atoms with E-state index in [4.69, 9.17) is 5.11 Å². The number of hydrogen-bond acceptors (Lipinski definition) is 3. The molecule has 0 amide bonds. The van der Waals surface area contributed by atoms with E-state index >= 15 is 0 Å². The van der Waals surface area contributed by atoms with Crippen LogP contribution in [-0.2, 0) is 9.59 Å². The van der Waals surface area contributed by atoms with Crippen LogP contribution in [0.15, 0.2) is 4.99 Å². The van der Waals surface area contributed by atoms with Gasteiger partial charge in [0.05, 0.1) is 13.0 Å². The van der Waals surface area contributed by atoms with Gasteiger partial charge in [-0.05, 0) is 6.72 Å². The molecule has 0 aromatic carbocycles. The SMILES string of the molecule is C=NCC(=O)CCC(=O)O. The minimum atomic E-state index is -0.961. The van der Waals surface area contributed by atoms with Crippen molar-refractivity contribution in [3.8, 4) is 0 Å². The number of carbonyl (C=O) groups is 2. The monoisotopic (exact) mass is 143 g/mol. The molecule has 4 nitrogen and oxygen atoms in total. The van der Waals surface area contributed by atoms with Crippen molar-refractivity contribution in [3.05, 3.63) is 0 Å². The van der Waals surface area contributed by atoms with E-state index in [9.17, 15) is 9.59 Å². The Balaban J connectivity index is 3.39. The van der Waals surface area contributed by atoms with Crippen molar-refractivity contribution >= 4 is 18.5 Å². The zero-order chi connectivity index (χ0) is 7.98. The normalized spacial score (nSPS) is 8.80. The van der Waals surface area contributed by atoms with Gasteiger partial charge in [-0.3, -0.25) is 14.6 Å². The third kappa shape index (κ3) is 4.96. The fourth-order valence-corrected chi connectivity index (χ4v) is 0.450. The highest BCUT2D eigenvalue weighted by molar-refractivity contribution is 5.84. The molecule has 0 aromatic heterocycles. The standard InChI is InChI=1S/C6H9NO3/c1-7-4-5(8)2-3-6(9)10/h1-4H2,(H,9,10). The summed E-state index contributed by atoms with van der Waals surface area (Å²) in [6.45, 7) is 3.13. The van der Waals surface area contributed by atoms with Crippen LogP contribution in [0.4, 0.5) is 0 Å². The average molecular weight is 143 g/mol. The van der Waals surface area contributed by atoms with Gasteiger partial charge in [0.2, 0.25) is 0 Å². The summed E-state index contributed by atoms with van der Waals surface area (Å²) in [5.74, 6) is -1.14. The number of aliphatic imine (C=N–C) groups is 1. The lowest BCUT2D eigenvalue weighted by Crippen LogP contribution is -2.05. The van der Waals surface area contributed by atoms with Gasteiger partial charge in [0.15, 0.2) is 5.78 Å². The molecule has 0 unspecified atom stereocenters. The zero-order valence-corrected chi connectivity index (χ0v) is 5.54. The number of nitrogens with zero attached hydrogens (tertiary/aromatic N) is 1. The quantitative estimate of drug-likeness (QED) is 0.556. The molecule has 0 aliphatic rings. The highest BCUT2D eigenvalue weighted by Crippen LogP contribution is 1.90. The molecule has 0 aliphatic carbocycles. The van der Waals surface area contributed by atoms with Crippen molar-refractivity contribution in [2.45, 2.75) is 12.8 Å². The highest BCUT2D eigenvalue weighted by atomic mass is 16.4. The molecule has 0 bridgehead atoms. The summed E-state index contributed by atoms with van der Waals surface area (Å²) in [7, 11) is 0. The molecule has 56 valence electrons. The van der Waals surface area contributed by atoms with Gasteiger partial charge in [-0.15, -0.1) is 0 Å². The van der Waals surface area contributed by atoms with Gasteiger partial charge in [0.25, 0.3) is 0 Å². The molecule has 1 N–H and O–H groups in total. The van der Waals surface area contributed by atoms with Crippen LogP contribution in [0.2, 0.25) is 0 Å². The Labute approximate surface area is 58.6 Å². The van der Waals surface area contributed by atoms with E-state index in [0.717, 1.165) is 0 Å². The van der Waals surface area contributed by atoms with Gasteiger partial charge >= 0.3 is 5.97 Å². The van der Waals surface area contributed by atoms with Gasteiger partial charge in [0, 0.05) is 6.42 Å². The first-order valence-corrected chi connectivity index (χ1v) is 2.82. The smallest absolute Gasteiger partial charge is 0.303 e. The number of aliphatic carboxylic acids is 1. The zero-order valence-electron chi connectivity index (χ0n) is 5.54. The molecule has 10 heavy (non-hydrogen) atoms. The third-order valence-corrected chi connectivity index (χ3v) is 0.906. The maximum Gasteiger partial charge on any atom is 0.303 e. The van der Waals surface area contributed by atoms with E-state index in [1.165, 1.54) is 0 Å². The molecule has 0 aliphatic heterocycles. The van der Waals surface area contributed by atoms with Crippen LogP contribution in [-0.4, -0.2) is 30.1 Å². The summed E-state index contributed by atoms with van der Waals surface area (Å²) in [5.41, 5.74) is 0. The number of carboxylic acids is 1. The van der Waals surface area contributed by atoms with Crippen molar-refractivity contribution < 1.29 is 14.7 Å². The summed E-state index contributed by atoms with van der Waals surface area (Å²) < 4.78 is 0. The second-order valence-electron chi connectivity index (χ2n) is 1.81. The van der Waals surface area contributed by atoms with E-state index in [-0.39, 0.29) is 25.2 Å². The number of rotatable bonds is 5. The summed E-state index contributed by atoms with van der Waals surface area (Å²) in [4.78, 5) is 23.8. The Hall–Kier alpha value is -1.19. The Kier molecular flexibility index (Phi) is 4.11. The molecule has 0 saturated heterocycles. The molecule has 0 saturated carbocycles. The van der Waals surface area contributed by atoms with E-state index in [1.54, 1.807) is 0 Å². The van der Waals surface area contributed by atoms with Crippen LogP contribution in [0.3, 0.4) is 0 Å². The van der Waals surface area contributed by atoms with Gasteiger partial charge < -0.3 is 5.11 Å². The fraction of sp³-hybridized carbons (Fsp3) is 0.500. The van der Waals surface area contributed by atoms with Crippen LogP contribution < -0.4 is 0 Å². The Morgan fingerprint density at radius 1 is 1.40 bits per heavy atom. The molecular formula is C6H9NO3. The lowest BCUT2D eigenvalue weighted by atomic mass is 10.2. The van der Waals surface area contributed by atoms with E-state index < -0.39 is 5.97 Å². The van der Waals surface area contributed by atoms with Crippen molar-refractivity contribution in [2.24, 2.45) is 4.99 Å². The number of carboxylic acid groups (broad SMARTS) is 1. The van der Waals surface area contributed by atoms with Gasteiger partial charge in [-0.25, -0.2) is 0 Å². The molecule has 0 atom stereocenters. The second kappa shape index (κ2) is 4.67. The summed E-state index contributed by atoms with van der Waals surface area (Å²) in [6, 6.07) is 0. The van der Waals surface area contributed by atoms with Crippen LogP contribution >= 0.6 is 0 Å². The topological polar surface area (TPSA) is 66.7 Å². The molecule has 0 heterocycles. The first-order valence-electron chi connectivity index (χ1n) is 2.82. The highest BCUT2D eigenvalue weighted by Gasteiger charge is 2.02. The Morgan fingerprint density at radius 2 is 2.00 bits per heavy atom. The maximum absolute atomic E-state index is 10.6. The summed E-state index contributed by atoms with van der Waals surface area (Å²) in [5, 5.41) is 8.13. The molecule has 0 spiro atoms. The molecular weight excluding hydrogens is 134 g/mol. The minimum absolute atomic E-state index is 0.0211. The van der Waals surface area contributed by atoms with Crippen LogP contribution in [0, 0.1) is 0 Å². The van der Waals surface area contributed by atoms with Crippen LogP contribution in [0.5, 0.6) is 0 Å². The Morgan fingerprint density at radius 3 is 2.40 bits per heavy atom. The molecule has 4 heteroatoms. The first-order chi connectivity index (χ1) is 4.66. The maximum atomic E-state index is 10.6. The van der Waals surface area contributed by atoms with Gasteiger partial charge in [-0.2, -0.15) is 0 Å². The average Bonchev–Trinajstić information content (AvgIpc) is 1.85. The first kappa shape index (κ1) is 8.81. The van der Waals surface area contributed by atoms with Crippen LogP contribution in [0.1, 0.15) is 12.8 Å². The van der Waals surface area contributed by atoms with E-state index in [1.807, 2.05) is 0 Å². The van der Waals surface area contributed by atoms with Crippen molar-refractivity contribution in [1.82, 2.24) is 0 Å². The van der Waals surface area contributed by atoms with Crippen molar-refractivity contribution in [1.29, 1.82) is 0 Å². The second-order valence-corrected chi connectivity index (χ2v) is 1.81. The minimum Gasteiger partial charge on any atom is -0.481 e. The summed E-state index contributed by atoms with van der Waals surface area (Å²) in [6.07, 6.45) is -0.0668. The number of ketones is 1. The fourth-order valence-electron chi connectivity index (χ4n) is 0.450. The van der Waals surface area contributed by atoms with Gasteiger partial charge in [-0.1, -0.05) is 0 Å². The van der Waals surface area contributed by atoms with Gasteiger partial charge in [0.1, 0.15) is 0 Å². The van der Waals surface area contributed by atoms with Crippen molar-refractivity contribution in [2.75, 3.05) is 6.54 Å². The number of Topliss-reactive ketones (excluding diaryl/α,β-unsaturated/α-hetero) is 1.